The molecule has 1 aliphatic heterocycles. The molecule has 0 radical (unpaired) electrons. The van der Waals surface area contributed by atoms with Gasteiger partial charge in [-0.2, -0.15) is 4.31 Å². The average molecular weight is 447 g/mol. The Morgan fingerprint density at radius 1 is 1.00 bits per heavy atom. The van der Waals surface area contributed by atoms with Gasteiger partial charge in [0, 0.05) is 24.1 Å². The summed E-state index contributed by atoms with van der Waals surface area (Å²) in [4.78, 5) is 13.3. The van der Waals surface area contributed by atoms with Crippen LogP contribution in [0.15, 0.2) is 47.4 Å². The van der Waals surface area contributed by atoms with Crippen LogP contribution in [0.2, 0.25) is 0 Å². The highest BCUT2D eigenvalue weighted by atomic mass is 32.2. The van der Waals surface area contributed by atoms with Crippen LogP contribution >= 0.6 is 0 Å². The number of amides is 1. The number of fused-ring (bicyclic) bond motifs is 1. The Hall–Kier alpha value is -2.58. The number of hydrogen-bond acceptors (Lipinski definition) is 5. The molecule has 3 unspecified atom stereocenters. The van der Waals surface area contributed by atoms with Crippen LogP contribution < -0.4 is 14.8 Å². The van der Waals surface area contributed by atoms with E-state index in [0.717, 1.165) is 11.1 Å². The number of hydrogen-bond donors (Lipinski definition) is 1. The molecule has 0 fully saturated rings. The number of rotatable bonds is 6. The second-order valence-corrected chi connectivity index (χ2v) is 9.90. The van der Waals surface area contributed by atoms with E-state index in [4.69, 9.17) is 9.47 Å². The third kappa shape index (κ3) is 4.14. The standard InChI is InChI=1S/C23H30N2O5S/c1-14(2)24-23(26)22-15(3)18-9-7-8-10-19(18)16(4)25(22)31(27,28)17-11-12-20(29-5)21(13-17)30-6/h7-16,22H,1-6H3,(H,24,26). The van der Waals surface area contributed by atoms with Gasteiger partial charge >= 0.3 is 0 Å². The van der Waals surface area contributed by atoms with Gasteiger partial charge < -0.3 is 14.8 Å². The number of benzene rings is 2. The Labute approximate surface area is 184 Å². The second-order valence-electron chi connectivity index (χ2n) is 8.05. The van der Waals surface area contributed by atoms with Crippen molar-refractivity contribution in [3.63, 3.8) is 0 Å². The molecule has 2 aromatic rings. The Bertz CT molecular complexity index is 1070. The minimum atomic E-state index is -4.04. The van der Waals surface area contributed by atoms with Crippen LogP contribution in [0, 0.1) is 0 Å². The number of sulfonamides is 1. The highest BCUT2D eigenvalue weighted by Gasteiger charge is 2.47. The molecule has 0 bridgehead atoms. The molecular formula is C23H30N2O5S. The number of nitrogens with one attached hydrogen (secondary N) is 1. The fourth-order valence-electron chi connectivity index (χ4n) is 4.24. The molecule has 3 atom stereocenters. The first-order chi connectivity index (χ1) is 14.6. The van der Waals surface area contributed by atoms with Gasteiger partial charge in [0.25, 0.3) is 0 Å². The lowest BCUT2D eigenvalue weighted by Crippen LogP contribution is -2.56. The van der Waals surface area contributed by atoms with E-state index in [2.05, 4.69) is 5.32 Å². The van der Waals surface area contributed by atoms with Crippen molar-refractivity contribution in [1.29, 1.82) is 0 Å². The first-order valence-electron chi connectivity index (χ1n) is 10.3. The predicted octanol–water partition coefficient (Wildman–Crippen LogP) is 3.47. The third-order valence-corrected chi connectivity index (χ3v) is 7.64. The smallest absolute Gasteiger partial charge is 0.244 e. The van der Waals surface area contributed by atoms with Crippen molar-refractivity contribution in [2.45, 2.75) is 56.6 Å². The van der Waals surface area contributed by atoms with Crippen LogP contribution in [0.3, 0.4) is 0 Å². The predicted molar refractivity (Wildman–Crippen MR) is 119 cm³/mol. The van der Waals surface area contributed by atoms with Crippen LogP contribution in [-0.2, 0) is 14.8 Å². The van der Waals surface area contributed by atoms with Gasteiger partial charge in [-0.3, -0.25) is 4.79 Å². The average Bonchev–Trinajstić information content (AvgIpc) is 2.74. The molecule has 1 N–H and O–H groups in total. The van der Waals surface area contributed by atoms with Gasteiger partial charge in [0.1, 0.15) is 6.04 Å². The number of carbonyl (C=O) groups is 1. The number of carbonyl (C=O) groups excluding carboxylic acids is 1. The van der Waals surface area contributed by atoms with Crippen LogP contribution in [0.4, 0.5) is 0 Å². The summed E-state index contributed by atoms with van der Waals surface area (Å²) in [7, 11) is -1.09. The zero-order chi connectivity index (χ0) is 22.9. The third-order valence-electron chi connectivity index (χ3n) is 5.70. The van der Waals surface area contributed by atoms with Gasteiger partial charge in [-0.1, -0.05) is 31.2 Å². The molecule has 0 saturated heterocycles. The summed E-state index contributed by atoms with van der Waals surface area (Å²) in [5, 5.41) is 2.90. The molecule has 0 aliphatic carbocycles. The van der Waals surface area contributed by atoms with Crippen LogP contribution in [0.1, 0.15) is 50.8 Å². The number of methoxy groups -OCH3 is 2. The largest absolute Gasteiger partial charge is 0.493 e. The molecule has 31 heavy (non-hydrogen) atoms. The lowest BCUT2D eigenvalue weighted by atomic mass is 9.82. The van der Waals surface area contributed by atoms with Gasteiger partial charge in [0.05, 0.1) is 19.1 Å². The SMILES string of the molecule is COc1ccc(S(=O)(=O)N2C(C)c3ccccc3C(C)C2C(=O)NC(C)C)cc1OC. The van der Waals surface area contributed by atoms with Crippen molar-refractivity contribution in [2.75, 3.05) is 14.2 Å². The van der Waals surface area contributed by atoms with Crippen LogP contribution in [0.25, 0.3) is 0 Å². The molecule has 0 spiro atoms. The van der Waals surface area contributed by atoms with Crippen molar-refractivity contribution in [3.05, 3.63) is 53.6 Å². The van der Waals surface area contributed by atoms with E-state index in [1.807, 2.05) is 52.0 Å². The van der Waals surface area contributed by atoms with E-state index in [-0.39, 0.29) is 22.8 Å². The maximum Gasteiger partial charge on any atom is 0.244 e. The normalized spacial score (nSPS) is 21.5. The van der Waals surface area contributed by atoms with Crippen LogP contribution in [0.5, 0.6) is 11.5 Å². The van der Waals surface area contributed by atoms with Gasteiger partial charge in [0.2, 0.25) is 15.9 Å². The highest BCUT2D eigenvalue weighted by Crippen LogP contribution is 2.43. The van der Waals surface area contributed by atoms with Crippen molar-refractivity contribution in [1.82, 2.24) is 9.62 Å². The maximum atomic E-state index is 13.9. The molecule has 0 saturated carbocycles. The molecule has 1 heterocycles. The molecule has 8 heteroatoms. The van der Waals surface area contributed by atoms with E-state index >= 15 is 0 Å². The zero-order valence-corrected chi connectivity index (χ0v) is 19.6. The molecule has 0 aromatic heterocycles. The van der Waals surface area contributed by atoms with E-state index in [0.29, 0.717) is 11.5 Å². The number of ether oxygens (including phenoxy) is 2. The van der Waals surface area contributed by atoms with Crippen LogP contribution in [-0.4, -0.2) is 44.9 Å². The molecule has 7 nitrogen and oxygen atoms in total. The monoisotopic (exact) mass is 446 g/mol. The first kappa shape index (κ1) is 23.1. The Morgan fingerprint density at radius 3 is 2.19 bits per heavy atom. The molecule has 2 aromatic carbocycles. The first-order valence-corrected chi connectivity index (χ1v) is 11.7. The van der Waals surface area contributed by atoms with Crippen molar-refractivity contribution in [3.8, 4) is 11.5 Å². The van der Waals surface area contributed by atoms with Crippen molar-refractivity contribution in [2.24, 2.45) is 0 Å². The van der Waals surface area contributed by atoms with E-state index in [9.17, 15) is 13.2 Å². The summed E-state index contributed by atoms with van der Waals surface area (Å²) in [5.74, 6) is 0.111. The Morgan fingerprint density at radius 2 is 1.61 bits per heavy atom. The molecule has 1 aliphatic rings. The van der Waals surface area contributed by atoms with Gasteiger partial charge in [-0.05, 0) is 44.0 Å². The second kappa shape index (κ2) is 8.88. The molecular weight excluding hydrogens is 416 g/mol. The van der Waals surface area contributed by atoms with Crippen molar-refractivity contribution < 1.29 is 22.7 Å². The minimum Gasteiger partial charge on any atom is -0.493 e. The van der Waals surface area contributed by atoms with E-state index in [1.165, 1.54) is 30.7 Å². The summed E-state index contributed by atoms with van der Waals surface area (Å²) >= 11 is 0. The van der Waals surface area contributed by atoms with Gasteiger partial charge in [-0.25, -0.2) is 8.42 Å². The van der Waals surface area contributed by atoms with Gasteiger partial charge in [0.15, 0.2) is 11.5 Å². The zero-order valence-electron chi connectivity index (χ0n) is 18.7. The van der Waals surface area contributed by atoms with Crippen molar-refractivity contribution >= 4 is 15.9 Å². The summed E-state index contributed by atoms with van der Waals surface area (Å²) in [5.41, 5.74) is 1.88. The maximum absolute atomic E-state index is 13.9. The molecule has 168 valence electrons. The lowest BCUT2D eigenvalue weighted by Gasteiger charge is -2.43. The Kier molecular flexibility index (Phi) is 6.62. The summed E-state index contributed by atoms with van der Waals surface area (Å²) in [6, 6.07) is 10.6. The minimum absolute atomic E-state index is 0.0472. The highest BCUT2D eigenvalue weighted by molar-refractivity contribution is 7.89. The fourth-order valence-corrected chi connectivity index (χ4v) is 6.09. The summed E-state index contributed by atoms with van der Waals surface area (Å²) < 4.78 is 39.6. The van der Waals surface area contributed by atoms with E-state index in [1.54, 1.807) is 6.07 Å². The Balaban J connectivity index is 2.18. The fraction of sp³-hybridized carbons (Fsp3) is 0.435. The topological polar surface area (TPSA) is 84.9 Å². The summed E-state index contributed by atoms with van der Waals surface area (Å²) in [6.45, 7) is 7.43. The summed E-state index contributed by atoms with van der Waals surface area (Å²) in [6.07, 6.45) is 0. The number of nitrogens with zero attached hydrogens (tertiary/aromatic N) is 1. The quantitative estimate of drug-likeness (QED) is 0.735. The molecule has 1 amide bonds. The van der Waals surface area contributed by atoms with Gasteiger partial charge in [-0.15, -0.1) is 0 Å². The molecule has 3 rings (SSSR count). The lowest BCUT2D eigenvalue weighted by molar-refractivity contribution is -0.126. The van der Waals surface area contributed by atoms with E-state index < -0.39 is 22.1 Å².